The summed E-state index contributed by atoms with van der Waals surface area (Å²) >= 11 is 0. The van der Waals surface area contributed by atoms with Gasteiger partial charge in [-0.2, -0.15) is 0 Å². The zero-order chi connectivity index (χ0) is 24.1. The first kappa shape index (κ1) is 22.9. The van der Waals surface area contributed by atoms with Crippen LogP contribution in [0.1, 0.15) is 44.9 Å². The van der Waals surface area contributed by atoms with Crippen molar-refractivity contribution in [1.82, 2.24) is 10.3 Å². The molecule has 7 heteroatoms. The predicted octanol–water partition coefficient (Wildman–Crippen LogP) is 4.77. The number of nitrogens with one attached hydrogen (secondary N) is 2. The van der Waals surface area contributed by atoms with Crippen molar-refractivity contribution in [2.45, 2.75) is 19.4 Å². The molecule has 2 N–H and O–H groups in total. The minimum absolute atomic E-state index is 0.184. The van der Waals surface area contributed by atoms with Gasteiger partial charge in [-0.1, -0.05) is 67.6 Å². The molecule has 4 aromatic rings. The lowest BCUT2D eigenvalue weighted by Gasteiger charge is -2.17. The quantitative estimate of drug-likeness (QED) is 0.294. The molecule has 0 fully saturated rings. The van der Waals surface area contributed by atoms with Gasteiger partial charge in [0.2, 0.25) is 5.78 Å². The molecule has 0 aliphatic heterocycles. The van der Waals surface area contributed by atoms with Crippen molar-refractivity contribution in [3.63, 3.8) is 0 Å². The number of aromatic amines is 1. The van der Waals surface area contributed by atoms with Gasteiger partial charge in [0.1, 0.15) is 12.4 Å². The van der Waals surface area contributed by atoms with Gasteiger partial charge in [0.05, 0.1) is 5.56 Å². The minimum Gasteiger partial charge on any atom is -0.448 e. The molecule has 0 unspecified atom stereocenters. The third-order valence-corrected chi connectivity index (χ3v) is 5.55. The largest absolute Gasteiger partial charge is 0.448 e. The average Bonchev–Trinajstić information content (AvgIpc) is 3.30. The van der Waals surface area contributed by atoms with E-state index in [1.165, 1.54) is 18.2 Å². The van der Waals surface area contributed by atoms with E-state index in [9.17, 15) is 18.8 Å². The van der Waals surface area contributed by atoms with Crippen molar-refractivity contribution in [1.29, 1.82) is 0 Å². The Hall–Kier alpha value is -4.26. The third kappa shape index (κ3) is 4.73. The maximum absolute atomic E-state index is 13.8. The van der Waals surface area contributed by atoms with Crippen molar-refractivity contribution >= 4 is 28.6 Å². The summed E-state index contributed by atoms with van der Waals surface area (Å²) in [5.74, 6) is -2.65. The normalized spacial score (nSPS) is 11.7. The van der Waals surface area contributed by atoms with Crippen LogP contribution in [-0.2, 0) is 16.0 Å². The van der Waals surface area contributed by atoms with Gasteiger partial charge in [-0.3, -0.25) is 14.4 Å². The van der Waals surface area contributed by atoms with E-state index in [1.807, 2.05) is 25.1 Å². The minimum atomic E-state index is -1.21. The smallest absolute Gasteiger partial charge is 0.326 e. The van der Waals surface area contributed by atoms with E-state index in [-0.39, 0.29) is 11.3 Å². The number of fused-ring (bicyclic) bond motifs is 1. The van der Waals surface area contributed by atoms with Gasteiger partial charge >= 0.3 is 5.97 Å². The number of benzene rings is 3. The maximum Gasteiger partial charge on any atom is 0.326 e. The van der Waals surface area contributed by atoms with Gasteiger partial charge in [-0.25, -0.2) is 4.39 Å². The third-order valence-electron chi connectivity index (χ3n) is 5.55. The monoisotopic (exact) mass is 458 g/mol. The van der Waals surface area contributed by atoms with Crippen LogP contribution in [0.2, 0.25) is 0 Å². The Morgan fingerprint density at radius 3 is 2.41 bits per heavy atom. The molecule has 0 spiro atoms. The van der Waals surface area contributed by atoms with Crippen molar-refractivity contribution in [2.75, 3.05) is 6.54 Å². The fourth-order valence-corrected chi connectivity index (χ4v) is 3.82. The number of Topliss-reactive ketones (excluding diaryl/α,β-unsaturated/α-hetero) is 1. The highest BCUT2D eigenvalue weighted by Crippen LogP contribution is 2.29. The molecule has 1 amide bonds. The molecule has 0 bridgehead atoms. The lowest BCUT2D eigenvalue weighted by molar-refractivity contribution is -0.146. The molecule has 0 aliphatic rings. The van der Waals surface area contributed by atoms with Crippen LogP contribution in [0.5, 0.6) is 0 Å². The molecule has 0 saturated heterocycles. The number of hydrogen-bond acceptors (Lipinski definition) is 4. The van der Waals surface area contributed by atoms with Gasteiger partial charge in [-0.15, -0.1) is 0 Å². The first-order valence-corrected chi connectivity index (χ1v) is 10.9. The fraction of sp³-hybridized carbons (Fsp3) is 0.148. The highest BCUT2D eigenvalue weighted by molar-refractivity contribution is 6.11. The van der Waals surface area contributed by atoms with Crippen molar-refractivity contribution in [3.05, 3.63) is 107 Å². The Labute approximate surface area is 195 Å². The van der Waals surface area contributed by atoms with Crippen molar-refractivity contribution in [3.8, 4) is 0 Å². The van der Waals surface area contributed by atoms with Gasteiger partial charge in [0, 0.05) is 28.2 Å². The van der Waals surface area contributed by atoms with E-state index in [4.69, 9.17) is 4.74 Å². The number of ketones is 1. The van der Waals surface area contributed by atoms with Crippen molar-refractivity contribution in [2.24, 2.45) is 0 Å². The van der Waals surface area contributed by atoms with Gasteiger partial charge in [0.15, 0.2) is 6.10 Å². The second-order valence-electron chi connectivity index (χ2n) is 7.70. The van der Waals surface area contributed by atoms with Crippen molar-refractivity contribution < 1.29 is 23.5 Å². The lowest BCUT2D eigenvalue weighted by atomic mass is 9.98. The Kier molecular flexibility index (Phi) is 6.82. The van der Waals surface area contributed by atoms with Gasteiger partial charge in [-0.05, 0) is 24.1 Å². The Morgan fingerprint density at radius 1 is 0.941 bits per heavy atom. The number of carbonyl (C=O) groups is 3. The Balaban J connectivity index is 1.55. The number of aromatic nitrogens is 1. The number of amides is 1. The van der Waals surface area contributed by atoms with Crippen LogP contribution < -0.4 is 5.32 Å². The number of hydrogen-bond donors (Lipinski definition) is 2. The van der Waals surface area contributed by atoms with E-state index < -0.39 is 30.3 Å². The summed E-state index contributed by atoms with van der Waals surface area (Å²) in [6, 6.07) is 19.8. The summed E-state index contributed by atoms with van der Waals surface area (Å²) in [7, 11) is 0. The second kappa shape index (κ2) is 10.1. The lowest BCUT2D eigenvalue weighted by Crippen LogP contribution is -2.33. The predicted molar refractivity (Wildman–Crippen MR) is 126 cm³/mol. The second-order valence-corrected chi connectivity index (χ2v) is 7.70. The number of H-pyrrole nitrogens is 1. The summed E-state index contributed by atoms with van der Waals surface area (Å²) in [5.41, 5.74) is 2.66. The SMILES string of the molecule is CCc1cccc2c(C(=O)[C@H](OC(=O)CNC(=O)c3ccccc3F)c3ccccc3)c[nH]c12. The Morgan fingerprint density at radius 2 is 1.68 bits per heavy atom. The highest BCUT2D eigenvalue weighted by atomic mass is 19.1. The number of ether oxygens (including phenoxy) is 1. The number of aryl methyl sites for hydroxylation is 1. The molecule has 0 aliphatic carbocycles. The number of rotatable bonds is 8. The number of para-hydroxylation sites is 1. The summed E-state index contributed by atoms with van der Waals surface area (Å²) in [5, 5.41) is 3.09. The first-order valence-electron chi connectivity index (χ1n) is 10.9. The number of halogens is 1. The van der Waals surface area contributed by atoms with Crippen LogP contribution in [0, 0.1) is 5.82 Å². The van der Waals surface area contributed by atoms with Crippen LogP contribution >= 0.6 is 0 Å². The van der Waals surface area contributed by atoms with Crippen LogP contribution in [0.25, 0.3) is 10.9 Å². The molecule has 34 heavy (non-hydrogen) atoms. The molecule has 0 radical (unpaired) electrons. The number of esters is 1. The molecular weight excluding hydrogens is 435 g/mol. The highest BCUT2D eigenvalue weighted by Gasteiger charge is 2.28. The molecule has 4 rings (SSSR count). The maximum atomic E-state index is 13.8. The fourth-order valence-electron chi connectivity index (χ4n) is 3.82. The Bertz CT molecular complexity index is 1350. The molecule has 1 aromatic heterocycles. The molecule has 0 saturated carbocycles. The zero-order valence-corrected chi connectivity index (χ0v) is 18.5. The summed E-state index contributed by atoms with van der Waals surface area (Å²) in [6.07, 6.45) is 1.21. The van der Waals surface area contributed by atoms with Gasteiger partial charge < -0.3 is 15.0 Å². The van der Waals surface area contributed by atoms with E-state index >= 15 is 0 Å². The summed E-state index contributed by atoms with van der Waals surface area (Å²) in [6.45, 7) is 1.51. The molecule has 3 aromatic carbocycles. The molecular formula is C27H23FN2O4. The zero-order valence-electron chi connectivity index (χ0n) is 18.5. The van der Waals surface area contributed by atoms with E-state index in [0.717, 1.165) is 29.0 Å². The van der Waals surface area contributed by atoms with Crippen LogP contribution in [-0.4, -0.2) is 29.2 Å². The molecule has 1 heterocycles. The molecule has 6 nitrogen and oxygen atoms in total. The van der Waals surface area contributed by atoms with E-state index in [1.54, 1.807) is 36.5 Å². The summed E-state index contributed by atoms with van der Waals surface area (Å²) in [4.78, 5) is 41.5. The first-order chi connectivity index (χ1) is 16.5. The standard InChI is InChI=1S/C27H23FN2O4/c1-2-17-11-8-13-19-21(15-29-24(17)19)25(32)26(18-9-4-3-5-10-18)34-23(31)16-30-27(33)20-12-6-7-14-22(20)28/h3-15,26,29H,2,16H2,1H3,(H,30,33)/t26-/m1/s1. The van der Waals surface area contributed by atoms with Gasteiger partial charge in [0.25, 0.3) is 5.91 Å². The van der Waals surface area contributed by atoms with Crippen LogP contribution in [0.3, 0.4) is 0 Å². The van der Waals surface area contributed by atoms with Crippen LogP contribution in [0.4, 0.5) is 4.39 Å². The summed E-state index contributed by atoms with van der Waals surface area (Å²) < 4.78 is 19.3. The molecule has 172 valence electrons. The van der Waals surface area contributed by atoms with Crippen LogP contribution in [0.15, 0.2) is 79.0 Å². The average molecular weight is 458 g/mol. The number of carbonyl (C=O) groups excluding carboxylic acids is 3. The van der Waals surface area contributed by atoms with E-state index in [0.29, 0.717) is 11.1 Å². The van der Waals surface area contributed by atoms with E-state index in [2.05, 4.69) is 10.3 Å². The topological polar surface area (TPSA) is 88.3 Å². The molecule has 1 atom stereocenters.